The van der Waals surface area contributed by atoms with Gasteiger partial charge in [-0.3, -0.25) is 9.59 Å². The molecule has 2 N–H and O–H groups in total. The fraction of sp³-hybridized carbons (Fsp3) is 0.333. The molecule has 0 bridgehead atoms. The molecule has 1 saturated heterocycles. The van der Waals surface area contributed by atoms with Crippen LogP contribution in [0.25, 0.3) is 21.6 Å². The van der Waals surface area contributed by atoms with Gasteiger partial charge in [0.05, 0.1) is 17.6 Å². The maximum absolute atomic E-state index is 12.8. The molecule has 0 saturated carbocycles. The highest BCUT2D eigenvalue weighted by Crippen LogP contribution is 2.33. The molecule has 0 unspecified atom stereocenters. The minimum absolute atomic E-state index is 0.0318. The third kappa shape index (κ3) is 2.86. The minimum Gasteiger partial charge on any atom is -0.396 e. The van der Waals surface area contributed by atoms with E-state index in [1.54, 1.807) is 25.5 Å². The molecule has 0 radical (unpaired) electrons. The first kappa shape index (κ1) is 16.7. The molecule has 3 aromatic rings. The Kier molecular flexibility index (Phi) is 4.20. The summed E-state index contributed by atoms with van der Waals surface area (Å²) in [6.07, 6.45) is 6.57. The van der Waals surface area contributed by atoms with Crippen LogP contribution in [0.1, 0.15) is 28.9 Å². The minimum atomic E-state index is -0.0856. The van der Waals surface area contributed by atoms with Gasteiger partial charge in [-0.05, 0) is 25.3 Å². The van der Waals surface area contributed by atoms with E-state index in [9.17, 15) is 9.59 Å². The van der Waals surface area contributed by atoms with Crippen LogP contribution in [-0.4, -0.2) is 38.4 Å². The molecule has 8 heteroatoms. The first-order valence-corrected chi connectivity index (χ1v) is 9.37. The van der Waals surface area contributed by atoms with Crippen LogP contribution in [-0.2, 0) is 7.05 Å². The quantitative estimate of drug-likeness (QED) is 0.748. The van der Waals surface area contributed by atoms with Gasteiger partial charge in [0.2, 0.25) is 5.56 Å². The lowest BCUT2D eigenvalue weighted by molar-refractivity contribution is 0.0730. The van der Waals surface area contributed by atoms with E-state index < -0.39 is 0 Å². The van der Waals surface area contributed by atoms with E-state index in [0.717, 1.165) is 37.9 Å². The lowest BCUT2D eigenvalue weighted by Crippen LogP contribution is -2.35. The number of nitrogen functional groups attached to an aromatic ring is 1. The smallest absolute Gasteiger partial charge is 0.266 e. The second-order valence-corrected chi connectivity index (χ2v) is 7.47. The van der Waals surface area contributed by atoms with Crippen molar-refractivity contribution in [1.29, 1.82) is 0 Å². The lowest BCUT2D eigenvalue weighted by Gasteiger charge is -2.26. The molecule has 0 atom stereocenters. The summed E-state index contributed by atoms with van der Waals surface area (Å²) in [6.45, 7) is 1.55. The van der Waals surface area contributed by atoms with Gasteiger partial charge in [-0.25, -0.2) is 9.97 Å². The van der Waals surface area contributed by atoms with Gasteiger partial charge in [-0.2, -0.15) is 0 Å². The number of pyridine rings is 1. The van der Waals surface area contributed by atoms with Crippen molar-refractivity contribution in [2.45, 2.75) is 19.3 Å². The number of thiophene rings is 1. The second-order valence-electron chi connectivity index (χ2n) is 6.47. The number of nitrogens with zero attached hydrogens (tertiary/aromatic N) is 4. The molecule has 1 amide bonds. The van der Waals surface area contributed by atoms with Crippen molar-refractivity contribution in [3.05, 3.63) is 39.8 Å². The fourth-order valence-corrected chi connectivity index (χ4v) is 4.19. The van der Waals surface area contributed by atoms with Crippen molar-refractivity contribution < 1.29 is 4.79 Å². The number of aromatic nitrogens is 3. The Morgan fingerprint density at radius 2 is 2.00 bits per heavy atom. The van der Waals surface area contributed by atoms with Gasteiger partial charge in [-0.1, -0.05) is 0 Å². The highest BCUT2D eigenvalue weighted by Gasteiger charge is 2.24. The summed E-state index contributed by atoms with van der Waals surface area (Å²) in [5, 5.41) is 0. The predicted molar refractivity (Wildman–Crippen MR) is 102 cm³/mol. The first-order chi connectivity index (χ1) is 12.5. The first-order valence-electron chi connectivity index (χ1n) is 8.56. The molecule has 26 heavy (non-hydrogen) atoms. The monoisotopic (exact) mass is 369 g/mol. The van der Waals surface area contributed by atoms with Crippen LogP contribution in [0.15, 0.2) is 29.3 Å². The largest absolute Gasteiger partial charge is 0.396 e. The van der Waals surface area contributed by atoms with Gasteiger partial charge in [0, 0.05) is 38.0 Å². The van der Waals surface area contributed by atoms with Gasteiger partial charge < -0.3 is 15.2 Å². The van der Waals surface area contributed by atoms with Crippen LogP contribution in [0.4, 0.5) is 5.69 Å². The molecule has 7 nitrogen and oxygen atoms in total. The zero-order valence-electron chi connectivity index (χ0n) is 14.4. The number of amides is 1. The van der Waals surface area contributed by atoms with E-state index in [0.29, 0.717) is 26.6 Å². The standard InChI is InChI=1S/C18H19N5O2S/c1-22-10-11(5-6-13(22)24)12-9-20-15-14(19)16(26-17(15)21-12)18(25)23-7-3-2-4-8-23/h5-6,9-10H,2-4,7-8,19H2,1H3. The van der Waals surface area contributed by atoms with E-state index in [4.69, 9.17) is 5.73 Å². The topological polar surface area (TPSA) is 94.1 Å². The van der Waals surface area contributed by atoms with Gasteiger partial charge in [0.15, 0.2) is 0 Å². The van der Waals surface area contributed by atoms with Gasteiger partial charge >= 0.3 is 0 Å². The van der Waals surface area contributed by atoms with Crippen molar-refractivity contribution in [2.75, 3.05) is 18.8 Å². The van der Waals surface area contributed by atoms with Crippen LogP contribution in [0.2, 0.25) is 0 Å². The van der Waals surface area contributed by atoms with E-state index >= 15 is 0 Å². The van der Waals surface area contributed by atoms with Crippen LogP contribution >= 0.6 is 11.3 Å². The Balaban J connectivity index is 1.73. The van der Waals surface area contributed by atoms with Crippen LogP contribution < -0.4 is 11.3 Å². The number of fused-ring (bicyclic) bond motifs is 1. The molecular weight excluding hydrogens is 350 g/mol. The Bertz CT molecular complexity index is 1050. The summed E-state index contributed by atoms with van der Waals surface area (Å²) < 4.78 is 1.50. The SMILES string of the molecule is Cn1cc(-c2cnc3c(N)c(C(=O)N4CCCCC4)sc3n2)ccc1=O. The molecule has 0 aromatic carbocycles. The number of hydrogen-bond acceptors (Lipinski definition) is 6. The number of rotatable bonds is 2. The zero-order chi connectivity index (χ0) is 18.3. The summed E-state index contributed by atoms with van der Waals surface area (Å²) in [5.41, 5.74) is 8.50. The number of likely N-dealkylation sites (tertiary alicyclic amines) is 1. The maximum Gasteiger partial charge on any atom is 0.266 e. The van der Waals surface area contributed by atoms with Crippen molar-refractivity contribution in [3.8, 4) is 11.3 Å². The highest BCUT2D eigenvalue weighted by atomic mass is 32.1. The molecule has 134 valence electrons. The summed E-state index contributed by atoms with van der Waals surface area (Å²) in [4.78, 5) is 36.4. The molecular formula is C18H19N5O2S. The zero-order valence-corrected chi connectivity index (χ0v) is 15.3. The van der Waals surface area contributed by atoms with Gasteiger partial charge in [-0.15, -0.1) is 11.3 Å². The molecule has 0 aliphatic carbocycles. The number of nitrogens with two attached hydrogens (primary N) is 1. The van der Waals surface area contributed by atoms with Crippen molar-refractivity contribution in [2.24, 2.45) is 7.05 Å². The van der Waals surface area contributed by atoms with Crippen molar-refractivity contribution in [1.82, 2.24) is 19.4 Å². The molecule has 1 aliphatic heterocycles. The van der Waals surface area contributed by atoms with E-state index in [-0.39, 0.29) is 11.5 Å². The Morgan fingerprint density at radius 1 is 1.23 bits per heavy atom. The summed E-state index contributed by atoms with van der Waals surface area (Å²) in [6, 6.07) is 3.21. The third-order valence-electron chi connectivity index (χ3n) is 4.66. The van der Waals surface area contributed by atoms with Gasteiger partial charge in [0.1, 0.15) is 15.2 Å². The number of anilines is 1. The molecule has 3 aromatic heterocycles. The summed E-state index contributed by atoms with van der Waals surface area (Å²) in [5.74, 6) is -0.0318. The number of carbonyl (C=O) groups excluding carboxylic acids is 1. The average Bonchev–Trinajstić information content (AvgIpc) is 3.00. The summed E-state index contributed by atoms with van der Waals surface area (Å²) in [7, 11) is 1.69. The third-order valence-corrected chi connectivity index (χ3v) is 5.73. The van der Waals surface area contributed by atoms with Crippen LogP contribution in [0.3, 0.4) is 0 Å². The number of piperidine rings is 1. The molecule has 4 rings (SSSR count). The number of aryl methyl sites for hydroxylation is 1. The van der Waals surface area contributed by atoms with Crippen molar-refractivity contribution >= 4 is 33.3 Å². The van der Waals surface area contributed by atoms with Crippen molar-refractivity contribution in [3.63, 3.8) is 0 Å². The number of carbonyl (C=O) groups is 1. The van der Waals surface area contributed by atoms with Gasteiger partial charge in [0.25, 0.3) is 5.91 Å². The summed E-state index contributed by atoms with van der Waals surface area (Å²) >= 11 is 1.28. The Morgan fingerprint density at radius 3 is 2.73 bits per heavy atom. The Labute approximate surface area is 154 Å². The number of hydrogen-bond donors (Lipinski definition) is 1. The van der Waals surface area contributed by atoms with Crippen LogP contribution in [0.5, 0.6) is 0 Å². The maximum atomic E-state index is 12.8. The highest BCUT2D eigenvalue weighted by molar-refractivity contribution is 7.21. The fourth-order valence-electron chi connectivity index (χ4n) is 3.17. The van der Waals surface area contributed by atoms with Crippen LogP contribution in [0, 0.1) is 0 Å². The molecule has 4 heterocycles. The normalized spacial score (nSPS) is 14.7. The lowest BCUT2D eigenvalue weighted by atomic mass is 10.1. The molecule has 0 spiro atoms. The van der Waals surface area contributed by atoms with E-state index in [1.165, 1.54) is 22.0 Å². The average molecular weight is 369 g/mol. The second kappa shape index (κ2) is 6.53. The molecule has 1 aliphatic rings. The molecule has 1 fully saturated rings. The Hall–Kier alpha value is -2.74. The van der Waals surface area contributed by atoms with E-state index in [2.05, 4.69) is 9.97 Å². The predicted octanol–water partition coefficient (Wildman–Crippen LogP) is 2.27. The van der Waals surface area contributed by atoms with E-state index in [1.807, 2.05) is 4.90 Å².